The summed E-state index contributed by atoms with van der Waals surface area (Å²) in [6, 6.07) is 18.0. The molecule has 0 amide bonds. The molecule has 0 fully saturated rings. The molecule has 0 spiro atoms. The molecular formula is C18H11NO3. The molecule has 0 bridgehead atoms. The summed E-state index contributed by atoms with van der Waals surface area (Å²) in [5.41, 5.74) is 0.764. The average molecular weight is 289 g/mol. The summed E-state index contributed by atoms with van der Waals surface area (Å²) in [6.07, 6.45) is 0. The lowest BCUT2D eigenvalue weighted by Gasteiger charge is -2.01. The van der Waals surface area contributed by atoms with E-state index >= 15 is 0 Å². The molecule has 0 unspecified atom stereocenters. The second-order valence-corrected chi connectivity index (χ2v) is 4.49. The summed E-state index contributed by atoms with van der Waals surface area (Å²) >= 11 is 0. The first-order valence-electron chi connectivity index (χ1n) is 6.60. The number of hydrogen-bond acceptors (Lipinski definition) is 4. The number of rotatable bonds is 1. The molecule has 0 radical (unpaired) electrons. The largest absolute Gasteiger partial charge is 0.480 e. The van der Waals surface area contributed by atoms with Crippen LogP contribution in [-0.4, -0.2) is 10.1 Å². The van der Waals surface area contributed by atoms with E-state index in [0.29, 0.717) is 5.56 Å². The van der Waals surface area contributed by atoms with Crippen molar-refractivity contribution in [1.82, 2.24) is 4.98 Å². The summed E-state index contributed by atoms with van der Waals surface area (Å²) in [5.74, 6) is 4.85. The van der Waals surface area contributed by atoms with E-state index in [1.807, 2.05) is 36.4 Å². The van der Waals surface area contributed by atoms with Gasteiger partial charge in [0.25, 0.3) is 17.4 Å². The first-order valence-corrected chi connectivity index (χ1v) is 6.60. The summed E-state index contributed by atoms with van der Waals surface area (Å²) in [6.45, 7) is 0. The van der Waals surface area contributed by atoms with Gasteiger partial charge in [0.2, 0.25) is 0 Å². The van der Waals surface area contributed by atoms with Gasteiger partial charge in [-0.15, -0.1) is 0 Å². The zero-order chi connectivity index (χ0) is 15.4. The van der Waals surface area contributed by atoms with Crippen LogP contribution in [0.15, 0.2) is 69.9 Å². The predicted octanol–water partition coefficient (Wildman–Crippen LogP) is 2.81. The van der Waals surface area contributed by atoms with Crippen LogP contribution in [0.3, 0.4) is 0 Å². The Morgan fingerprint density at radius 2 is 1.55 bits per heavy atom. The molecule has 0 aliphatic rings. The Balaban J connectivity index is 2.01. The molecule has 0 aliphatic heterocycles. The van der Waals surface area contributed by atoms with Crippen molar-refractivity contribution in [1.29, 1.82) is 0 Å². The van der Waals surface area contributed by atoms with Crippen LogP contribution in [0, 0.1) is 11.8 Å². The number of nitrogens with zero attached hydrogens (tertiary/aromatic N) is 1. The summed E-state index contributed by atoms with van der Waals surface area (Å²) in [7, 11) is 0. The molecule has 3 aromatic rings. The van der Waals surface area contributed by atoms with E-state index in [9.17, 15) is 9.90 Å². The van der Waals surface area contributed by atoms with Crippen molar-refractivity contribution in [3.05, 3.63) is 82.5 Å². The van der Waals surface area contributed by atoms with E-state index in [4.69, 9.17) is 4.42 Å². The van der Waals surface area contributed by atoms with Gasteiger partial charge in [0.05, 0.1) is 0 Å². The van der Waals surface area contributed by atoms with Gasteiger partial charge in [-0.05, 0) is 23.6 Å². The molecule has 0 atom stereocenters. The number of aromatic hydroxyl groups is 1. The molecule has 0 aliphatic carbocycles. The van der Waals surface area contributed by atoms with E-state index in [2.05, 4.69) is 16.8 Å². The van der Waals surface area contributed by atoms with E-state index in [1.54, 1.807) is 24.3 Å². The molecular weight excluding hydrogens is 278 g/mol. The third-order valence-corrected chi connectivity index (χ3v) is 2.97. The molecule has 3 rings (SSSR count). The number of aromatic nitrogens is 1. The highest BCUT2D eigenvalue weighted by molar-refractivity contribution is 5.66. The fraction of sp³-hybridized carbons (Fsp3) is 0. The Kier molecular flexibility index (Phi) is 3.71. The number of hydrogen-bond donors (Lipinski definition) is 1. The van der Waals surface area contributed by atoms with Crippen molar-refractivity contribution in [2.24, 2.45) is 0 Å². The Labute approximate surface area is 126 Å². The normalized spacial score (nSPS) is 9.82. The summed E-state index contributed by atoms with van der Waals surface area (Å²) in [4.78, 5) is 15.8. The van der Waals surface area contributed by atoms with Gasteiger partial charge in [-0.2, -0.15) is 4.98 Å². The minimum absolute atomic E-state index is 0.0332. The monoisotopic (exact) mass is 289 g/mol. The third-order valence-electron chi connectivity index (χ3n) is 2.97. The van der Waals surface area contributed by atoms with Crippen molar-refractivity contribution in [2.75, 3.05) is 0 Å². The van der Waals surface area contributed by atoms with Gasteiger partial charge < -0.3 is 9.52 Å². The lowest BCUT2D eigenvalue weighted by Crippen LogP contribution is -2.10. The van der Waals surface area contributed by atoms with Crippen LogP contribution in [-0.2, 0) is 0 Å². The van der Waals surface area contributed by atoms with Crippen LogP contribution in [0.4, 0.5) is 0 Å². The smallest absolute Gasteiger partial charge is 0.298 e. The molecule has 106 valence electrons. The van der Waals surface area contributed by atoms with Crippen LogP contribution in [0.25, 0.3) is 11.1 Å². The Morgan fingerprint density at radius 1 is 0.909 bits per heavy atom. The van der Waals surface area contributed by atoms with Gasteiger partial charge in [-0.25, -0.2) is 0 Å². The van der Waals surface area contributed by atoms with Gasteiger partial charge in [0, 0.05) is 5.56 Å². The first-order chi connectivity index (χ1) is 10.7. The molecule has 4 heteroatoms. The first kappa shape index (κ1) is 13.7. The maximum Gasteiger partial charge on any atom is 0.298 e. The van der Waals surface area contributed by atoms with Crippen LogP contribution in [0.5, 0.6) is 5.95 Å². The maximum atomic E-state index is 12.1. The van der Waals surface area contributed by atoms with Crippen molar-refractivity contribution < 1.29 is 9.52 Å². The van der Waals surface area contributed by atoms with Gasteiger partial charge >= 0.3 is 0 Å². The Bertz CT molecular complexity index is 904. The fourth-order valence-corrected chi connectivity index (χ4v) is 1.96. The second kappa shape index (κ2) is 5.98. The van der Waals surface area contributed by atoms with Crippen LogP contribution in [0.1, 0.15) is 11.5 Å². The maximum absolute atomic E-state index is 12.1. The molecule has 22 heavy (non-hydrogen) atoms. The van der Waals surface area contributed by atoms with Crippen molar-refractivity contribution in [2.45, 2.75) is 0 Å². The highest BCUT2D eigenvalue weighted by Crippen LogP contribution is 2.24. The highest BCUT2D eigenvalue weighted by Gasteiger charge is 2.13. The van der Waals surface area contributed by atoms with Crippen molar-refractivity contribution in [3.63, 3.8) is 0 Å². The lowest BCUT2D eigenvalue weighted by atomic mass is 10.1. The second-order valence-electron chi connectivity index (χ2n) is 4.49. The van der Waals surface area contributed by atoms with E-state index in [0.717, 1.165) is 5.56 Å². The third kappa shape index (κ3) is 2.89. The van der Waals surface area contributed by atoms with Gasteiger partial charge in [0.1, 0.15) is 5.56 Å². The van der Waals surface area contributed by atoms with Crippen LogP contribution < -0.4 is 5.56 Å². The summed E-state index contributed by atoms with van der Waals surface area (Å²) in [5, 5.41) is 9.95. The minimum atomic E-state index is -0.577. The molecule has 1 aromatic heterocycles. The quantitative estimate of drug-likeness (QED) is 0.700. The molecule has 1 heterocycles. The van der Waals surface area contributed by atoms with E-state index in [-0.39, 0.29) is 11.5 Å². The molecule has 0 saturated heterocycles. The minimum Gasteiger partial charge on any atom is -0.480 e. The Hall–Kier alpha value is -3.32. The van der Waals surface area contributed by atoms with Crippen LogP contribution >= 0.6 is 0 Å². The average Bonchev–Trinajstić information content (AvgIpc) is 2.54. The SMILES string of the molecule is O=c1nc(C#Cc2ccccc2)oc(O)c1-c1ccccc1. The predicted molar refractivity (Wildman–Crippen MR) is 82.3 cm³/mol. The summed E-state index contributed by atoms with van der Waals surface area (Å²) < 4.78 is 5.14. The highest BCUT2D eigenvalue weighted by atomic mass is 16.5. The fourth-order valence-electron chi connectivity index (χ4n) is 1.96. The lowest BCUT2D eigenvalue weighted by molar-refractivity contribution is 0.313. The zero-order valence-corrected chi connectivity index (χ0v) is 11.5. The van der Waals surface area contributed by atoms with Crippen LogP contribution in [0.2, 0.25) is 0 Å². The van der Waals surface area contributed by atoms with E-state index in [1.165, 1.54) is 0 Å². The molecule has 2 aromatic carbocycles. The Morgan fingerprint density at radius 3 is 2.18 bits per heavy atom. The van der Waals surface area contributed by atoms with Gasteiger partial charge in [0.15, 0.2) is 0 Å². The topological polar surface area (TPSA) is 63.3 Å². The molecule has 4 nitrogen and oxygen atoms in total. The van der Waals surface area contributed by atoms with E-state index < -0.39 is 11.5 Å². The molecule has 0 saturated carbocycles. The van der Waals surface area contributed by atoms with Crippen molar-refractivity contribution >= 4 is 0 Å². The van der Waals surface area contributed by atoms with Gasteiger partial charge in [-0.1, -0.05) is 54.5 Å². The standard InChI is InChI=1S/C18H11NO3/c20-17-16(14-9-5-2-6-10-14)18(21)22-15(19-17)12-11-13-7-3-1-4-8-13/h1-10,21H. The molecule has 1 N–H and O–H groups in total. The van der Waals surface area contributed by atoms with Crippen molar-refractivity contribution in [3.8, 4) is 28.9 Å². The number of benzene rings is 2. The van der Waals surface area contributed by atoms with Gasteiger partial charge in [-0.3, -0.25) is 4.79 Å². The zero-order valence-electron chi connectivity index (χ0n) is 11.5.